The molecular weight excluding hydrogens is 386 g/mol. The van der Waals surface area contributed by atoms with Gasteiger partial charge in [-0.25, -0.2) is 0 Å². The lowest BCUT2D eigenvalue weighted by molar-refractivity contribution is -0.125. The minimum Gasteiger partial charge on any atom is -0.387 e. The summed E-state index contributed by atoms with van der Waals surface area (Å²) in [5.74, 6) is 4.67. The molecule has 5 heteroatoms. The number of nitriles is 1. The fourth-order valence-corrected chi connectivity index (χ4v) is 9.00. The standard InChI is InChI=1S/C26H39N3O2/c1-17(29-15-18(13-27)14-28-29)23-6-7-24-22-5-4-19-12-26(30,16-31-3)11-9-20(19)21(22)8-10-25(23,24)2/h14-15,17,19-24,30H,4-12,16H2,1-3H3/t17-,19-,20+,21-,22-,23-,24+,25-,26-/m1/s1. The van der Waals surface area contributed by atoms with E-state index in [2.05, 4.69) is 29.7 Å². The molecule has 1 N–H and O–H groups in total. The Morgan fingerprint density at radius 2 is 2.00 bits per heavy atom. The van der Waals surface area contributed by atoms with Crippen molar-refractivity contribution < 1.29 is 9.84 Å². The van der Waals surface area contributed by atoms with Crippen molar-refractivity contribution >= 4 is 0 Å². The summed E-state index contributed by atoms with van der Waals surface area (Å²) >= 11 is 0. The molecule has 4 fully saturated rings. The van der Waals surface area contributed by atoms with Crippen LogP contribution >= 0.6 is 0 Å². The topological polar surface area (TPSA) is 71.1 Å². The molecule has 31 heavy (non-hydrogen) atoms. The van der Waals surface area contributed by atoms with Gasteiger partial charge in [-0.05, 0) is 106 Å². The van der Waals surface area contributed by atoms with Gasteiger partial charge >= 0.3 is 0 Å². The Morgan fingerprint density at radius 1 is 1.19 bits per heavy atom. The molecule has 4 aliphatic carbocycles. The highest BCUT2D eigenvalue weighted by Gasteiger charge is 2.58. The number of rotatable bonds is 4. The smallest absolute Gasteiger partial charge is 0.102 e. The first-order valence-corrected chi connectivity index (χ1v) is 12.5. The lowest BCUT2D eigenvalue weighted by Crippen LogP contribution is -2.52. The van der Waals surface area contributed by atoms with E-state index in [9.17, 15) is 10.4 Å². The molecule has 0 spiro atoms. The molecule has 170 valence electrons. The summed E-state index contributed by atoms with van der Waals surface area (Å²) in [5, 5.41) is 24.7. The SMILES string of the molecule is COC[C@@]1(O)CC[C@H]2[C@H](CC[C@@H]3[C@@H]2CC[C@]2(C)[C@@H]([C@@H](C)n4cc(C#N)cn4)CC[C@@H]32)C1. The van der Waals surface area contributed by atoms with Gasteiger partial charge in [0.25, 0.3) is 0 Å². The highest BCUT2D eigenvalue weighted by molar-refractivity contribution is 5.22. The molecule has 0 saturated heterocycles. The van der Waals surface area contributed by atoms with Gasteiger partial charge in [-0.3, -0.25) is 4.68 Å². The van der Waals surface area contributed by atoms with Crippen molar-refractivity contribution in [3.05, 3.63) is 18.0 Å². The lowest BCUT2D eigenvalue weighted by atomic mass is 9.48. The quantitative estimate of drug-likeness (QED) is 0.740. The zero-order valence-corrected chi connectivity index (χ0v) is 19.5. The van der Waals surface area contributed by atoms with Crippen LogP contribution in [0.4, 0.5) is 0 Å². The van der Waals surface area contributed by atoms with Crippen LogP contribution in [0.3, 0.4) is 0 Å². The van der Waals surface area contributed by atoms with Crippen LogP contribution in [0.1, 0.15) is 83.2 Å². The maximum absolute atomic E-state index is 11.0. The van der Waals surface area contributed by atoms with Gasteiger partial charge in [0.15, 0.2) is 0 Å². The number of aromatic nitrogens is 2. The number of nitrogens with zero attached hydrogens (tertiary/aromatic N) is 3. The molecule has 4 aliphatic rings. The third-order valence-corrected chi connectivity index (χ3v) is 10.3. The highest BCUT2D eigenvalue weighted by Crippen LogP contribution is 2.66. The molecule has 0 radical (unpaired) electrons. The molecule has 0 unspecified atom stereocenters. The van der Waals surface area contributed by atoms with Crippen LogP contribution in [0.5, 0.6) is 0 Å². The number of aliphatic hydroxyl groups is 1. The fourth-order valence-electron chi connectivity index (χ4n) is 9.00. The Balaban J connectivity index is 1.32. The van der Waals surface area contributed by atoms with E-state index in [0.717, 1.165) is 36.5 Å². The minimum atomic E-state index is -0.591. The van der Waals surface area contributed by atoms with Crippen LogP contribution in [-0.4, -0.2) is 34.2 Å². The Kier molecular flexibility index (Phi) is 5.46. The van der Waals surface area contributed by atoms with E-state index in [4.69, 9.17) is 4.74 Å². The fraction of sp³-hybridized carbons (Fsp3) is 0.846. The molecule has 1 heterocycles. The van der Waals surface area contributed by atoms with Crippen LogP contribution in [0.15, 0.2) is 12.4 Å². The third-order valence-electron chi connectivity index (χ3n) is 10.3. The second-order valence-electron chi connectivity index (χ2n) is 11.6. The van der Waals surface area contributed by atoms with Crippen molar-refractivity contribution in [3.63, 3.8) is 0 Å². The summed E-state index contributed by atoms with van der Waals surface area (Å²) in [4.78, 5) is 0. The maximum atomic E-state index is 11.0. The van der Waals surface area contributed by atoms with Gasteiger partial charge in [-0.15, -0.1) is 0 Å². The van der Waals surface area contributed by atoms with E-state index in [1.54, 1.807) is 13.3 Å². The molecule has 9 atom stereocenters. The zero-order chi connectivity index (χ0) is 21.8. The molecular formula is C26H39N3O2. The van der Waals surface area contributed by atoms with Crippen LogP contribution in [0.25, 0.3) is 0 Å². The van der Waals surface area contributed by atoms with Gasteiger partial charge in [-0.1, -0.05) is 6.92 Å². The van der Waals surface area contributed by atoms with E-state index in [0.29, 0.717) is 35.5 Å². The second kappa shape index (κ2) is 7.89. The lowest BCUT2D eigenvalue weighted by Gasteiger charge is -2.57. The second-order valence-corrected chi connectivity index (χ2v) is 11.6. The van der Waals surface area contributed by atoms with Crippen molar-refractivity contribution in [2.45, 2.75) is 83.3 Å². The number of hydrogen-bond donors (Lipinski definition) is 1. The van der Waals surface area contributed by atoms with Crippen molar-refractivity contribution in [2.24, 2.45) is 40.9 Å². The van der Waals surface area contributed by atoms with Crippen molar-refractivity contribution in [1.82, 2.24) is 9.78 Å². The molecule has 5 rings (SSSR count). The van der Waals surface area contributed by atoms with E-state index in [1.807, 2.05) is 6.20 Å². The molecule has 1 aromatic rings. The molecule has 0 amide bonds. The molecule has 5 nitrogen and oxygen atoms in total. The monoisotopic (exact) mass is 425 g/mol. The Hall–Kier alpha value is -1.38. The number of fused-ring (bicyclic) bond motifs is 5. The Labute approximate surface area is 187 Å². The number of ether oxygens (including phenoxy) is 1. The summed E-state index contributed by atoms with van der Waals surface area (Å²) in [6, 6.07) is 2.58. The van der Waals surface area contributed by atoms with Gasteiger partial charge in [0.2, 0.25) is 0 Å². The van der Waals surface area contributed by atoms with E-state index in [-0.39, 0.29) is 0 Å². The van der Waals surface area contributed by atoms with Gasteiger partial charge in [0.1, 0.15) is 6.07 Å². The number of hydrogen-bond acceptors (Lipinski definition) is 4. The minimum absolute atomic E-state index is 0.351. The molecule has 4 saturated carbocycles. The van der Waals surface area contributed by atoms with E-state index >= 15 is 0 Å². The first kappa shape index (κ1) is 21.5. The Morgan fingerprint density at radius 3 is 2.74 bits per heavy atom. The van der Waals surface area contributed by atoms with Crippen LogP contribution in [0, 0.1) is 52.3 Å². The predicted molar refractivity (Wildman–Crippen MR) is 119 cm³/mol. The molecule has 0 aliphatic heterocycles. The summed E-state index contributed by atoms with van der Waals surface area (Å²) in [6.45, 7) is 5.37. The average Bonchev–Trinajstić information content (AvgIpc) is 3.37. The van der Waals surface area contributed by atoms with Gasteiger partial charge in [0.05, 0.1) is 30.0 Å². The summed E-state index contributed by atoms with van der Waals surface area (Å²) in [6.07, 6.45) is 14.6. The van der Waals surface area contributed by atoms with E-state index in [1.165, 1.54) is 44.9 Å². The van der Waals surface area contributed by atoms with Crippen molar-refractivity contribution in [3.8, 4) is 6.07 Å². The molecule has 0 bridgehead atoms. The summed E-state index contributed by atoms with van der Waals surface area (Å²) < 4.78 is 7.40. The third kappa shape index (κ3) is 3.45. The van der Waals surface area contributed by atoms with Crippen LogP contribution < -0.4 is 0 Å². The zero-order valence-electron chi connectivity index (χ0n) is 19.5. The summed E-state index contributed by atoms with van der Waals surface area (Å²) in [5.41, 5.74) is 0.461. The predicted octanol–water partition coefficient (Wildman–Crippen LogP) is 4.96. The first-order chi connectivity index (χ1) is 14.9. The van der Waals surface area contributed by atoms with Crippen LogP contribution in [-0.2, 0) is 4.74 Å². The Bertz CT molecular complexity index is 846. The van der Waals surface area contributed by atoms with E-state index < -0.39 is 5.60 Å². The normalized spacial score (nSPS) is 45.3. The molecule has 1 aromatic heterocycles. The maximum Gasteiger partial charge on any atom is 0.102 e. The van der Waals surface area contributed by atoms with Gasteiger partial charge in [0, 0.05) is 13.3 Å². The highest BCUT2D eigenvalue weighted by atomic mass is 16.5. The van der Waals surface area contributed by atoms with Crippen molar-refractivity contribution in [1.29, 1.82) is 5.26 Å². The van der Waals surface area contributed by atoms with Gasteiger partial charge in [-0.2, -0.15) is 10.4 Å². The molecule has 0 aromatic carbocycles. The van der Waals surface area contributed by atoms with Gasteiger partial charge < -0.3 is 9.84 Å². The average molecular weight is 426 g/mol. The number of methoxy groups -OCH3 is 1. The summed E-state index contributed by atoms with van der Waals surface area (Å²) in [7, 11) is 1.71. The first-order valence-electron chi connectivity index (χ1n) is 12.5. The van der Waals surface area contributed by atoms with Crippen LogP contribution in [0.2, 0.25) is 0 Å². The van der Waals surface area contributed by atoms with Crippen molar-refractivity contribution in [2.75, 3.05) is 13.7 Å². The largest absolute Gasteiger partial charge is 0.387 e.